The topological polar surface area (TPSA) is 40.6 Å². The fourth-order valence-electron chi connectivity index (χ4n) is 9.66. The maximum Gasteiger partial charge on any atom is 0.162 e. The van der Waals surface area contributed by atoms with Gasteiger partial charge in [0.05, 0.1) is 44.3 Å². The zero-order valence-corrected chi connectivity index (χ0v) is 31.8. The third-order valence-corrected chi connectivity index (χ3v) is 12.2. The Kier molecular flexibility index (Phi) is 6.66. The normalized spacial score (nSPS) is 12.1. The fourth-order valence-corrected chi connectivity index (χ4v) is 9.66. The lowest BCUT2D eigenvalue weighted by atomic mass is 10.0. The average Bonchev–Trinajstić information content (AvgIpc) is 3.93. The summed E-state index contributed by atoms with van der Waals surface area (Å²) < 4.78 is 7.12. The largest absolute Gasteiger partial charge is 0.309 e. The van der Waals surface area contributed by atoms with Gasteiger partial charge in [0.25, 0.3) is 0 Å². The molecular formula is C54H33N5. The van der Waals surface area contributed by atoms with Gasteiger partial charge in [0, 0.05) is 54.3 Å². The molecule has 13 aromatic rings. The second kappa shape index (κ2) is 12.2. The van der Waals surface area contributed by atoms with E-state index in [4.69, 9.17) is 9.97 Å². The first-order valence-corrected chi connectivity index (χ1v) is 20.1. The summed E-state index contributed by atoms with van der Waals surface area (Å²) in [6.07, 6.45) is 0. The lowest BCUT2D eigenvalue weighted by molar-refractivity contribution is 1.08. The SMILES string of the molecule is c1ccc(-n2c3ccccc3c3cc(-c4nc(-n5c6ccccc6c6cc7c(-n8c9ccccc9c9ccccc98)cccc7cc65)c5ccccc5n4)ccc32)cc1. The minimum absolute atomic E-state index is 0.692. The van der Waals surface area contributed by atoms with Crippen LogP contribution >= 0.6 is 0 Å². The zero-order chi connectivity index (χ0) is 38.6. The van der Waals surface area contributed by atoms with Gasteiger partial charge < -0.3 is 9.13 Å². The van der Waals surface area contributed by atoms with E-state index in [0.29, 0.717) is 5.82 Å². The first-order valence-electron chi connectivity index (χ1n) is 20.1. The summed E-state index contributed by atoms with van der Waals surface area (Å²) in [7, 11) is 0. The van der Waals surface area contributed by atoms with Gasteiger partial charge in [-0.3, -0.25) is 4.57 Å². The summed E-state index contributed by atoms with van der Waals surface area (Å²) >= 11 is 0. The Labute approximate surface area is 338 Å². The molecule has 0 fully saturated rings. The summed E-state index contributed by atoms with van der Waals surface area (Å²) in [5, 5.41) is 10.6. The van der Waals surface area contributed by atoms with Crippen LogP contribution in [0, 0.1) is 0 Å². The maximum absolute atomic E-state index is 5.51. The lowest BCUT2D eigenvalue weighted by Crippen LogP contribution is -2.03. The third kappa shape index (κ3) is 4.61. The van der Waals surface area contributed by atoms with Crippen molar-refractivity contribution in [2.24, 2.45) is 0 Å². The summed E-state index contributed by atoms with van der Waals surface area (Å²) in [4.78, 5) is 10.7. The molecule has 0 N–H and O–H groups in total. The van der Waals surface area contributed by atoms with Crippen LogP contribution in [0.2, 0.25) is 0 Å². The van der Waals surface area contributed by atoms with Crippen LogP contribution in [-0.2, 0) is 0 Å². The Bertz CT molecular complexity index is 3800. The Hall–Kier alpha value is -8.02. The molecule has 0 aliphatic heterocycles. The fraction of sp³-hybridized carbons (Fsp3) is 0. The van der Waals surface area contributed by atoms with Crippen LogP contribution in [0.15, 0.2) is 200 Å². The Balaban J connectivity index is 1.06. The van der Waals surface area contributed by atoms with Crippen molar-refractivity contribution in [1.29, 1.82) is 0 Å². The van der Waals surface area contributed by atoms with Crippen molar-refractivity contribution in [1.82, 2.24) is 23.7 Å². The smallest absolute Gasteiger partial charge is 0.162 e. The molecule has 0 saturated carbocycles. The molecular weight excluding hydrogens is 719 g/mol. The maximum atomic E-state index is 5.51. The van der Waals surface area contributed by atoms with Gasteiger partial charge in [-0.05, 0) is 90.3 Å². The van der Waals surface area contributed by atoms with E-state index in [1.807, 2.05) is 0 Å². The molecule has 0 aliphatic carbocycles. The van der Waals surface area contributed by atoms with Crippen molar-refractivity contribution >= 4 is 87.1 Å². The molecule has 9 aromatic carbocycles. The van der Waals surface area contributed by atoms with E-state index in [-0.39, 0.29) is 0 Å². The molecule has 0 bridgehead atoms. The summed E-state index contributed by atoms with van der Waals surface area (Å²) in [6, 6.07) is 71.9. The number of nitrogens with zero attached hydrogens (tertiary/aromatic N) is 5. The molecule has 4 aromatic heterocycles. The zero-order valence-electron chi connectivity index (χ0n) is 31.8. The van der Waals surface area contributed by atoms with E-state index in [1.165, 1.54) is 59.6 Å². The van der Waals surface area contributed by atoms with Gasteiger partial charge in [0.1, 0.15) is 5.82 Å². The van der Waals surface area contributed by atoms with Gasteiger partial charge in [-0.25, -0.2) is 9.97 Å². The Morgan fingerprint density at radius 1 is 0.305 bits per heavy atom. The summed E-state index contributed by atoms with van der Waals surface area (Å²) in [5.41, 5.74) is 11.1. The van der Waals surface area contributed by atoms with Crippen LogP contribution in [-0.4, -0.2) is 23.7 Å². The van der Waals surface area contributed by atoms with Gasteiger partial charge in [-0.1, -0.05) is 115 Å². The first kappa shape index (κ1) is 32.1. The van der Waals surface area contributed by atoms with Crippen molar-refractivity contribution in [3.8, 4) is 28.6 Å². The van der Waals surface area contributed by atoms with Crippen LogP contribution < -0.4 is 0 Å². The van der Waals surface area contributed by atoms with Crippen LogP contribution in [0.3, 0.4) is 0 Å². The van der Waals surface area contributed by atoms with Gasteiger partial charge in [-0.15, -0.1) is 0 Å². The number of fused-ring (bicyclic) bond motifs is 11. The number of benzene rings is 9. The minimum Gasteiger partial charge on any atom is -0.309 e. The second-order valence-corrected chi connectivity index (χ2v) is 15.4. The average molecular weight is 752 g/mol. The molecule has 0 radical (unpaired) electrons. The molecule has 0 aliphatic rings. The molecule has 0 atom stereocenters. The second-order valence-electron chi connectivity index (χ2n) is 15.4. The lowest BCUT2D eigenvalue weighted by Gasteiger charge is -2.14. The number of hydrogen-bond donors (Lipinski definition) is 0. The highest BCUT2D eigenvalue weighted by atomic mass is 15.1. The summed E-state index contributed by atoms with van der Waals surface area (Å²) in [6.45, 7) is 0. The molecule has 0 saturated heterocycles. The molecule has 0 unspecified atom stereocenters. The number of para-hydroxylation sites is 6. The van der Waals surface area contributed by atoms with Crippen molar-refractivity contribution in [2.45, 2.75) is 0 Å². The quantitative estimate of drug-likeness (QED) is 0.180. The van der Waals surface area contributed by atoms with Gasteiger partial charge in [0.15, 0.2) is 5.82 Å². The first-order chi connectivity index (χ1) is 29.3. The number of aromatic nitrogens is 5. The van der Waals surface area contributed by atoms with E-state index >= 15 is 0 Å². The summed E-state index contributed by atoms with van der Waals surface area (Å²) in [5.74, 6) is 1.55. The molecule has 4 heterocycles. The molecule has 13 rings (SSSR count). The van der Waals surface area contributed by atoms with Gasteiger partial charge in [0.2, 0.25) is 0 Å². The van der Waals surface area contributed by atoms with Gasteiger partial charge >= 0.3 is 0 Å². The Morgan fingerprint density at radius 3 is 1.54 bits per heavy atom. The minimum atomic E-state index is 0.692. The Morgan fingerprint density at radius 2 is 0.847 bits per heavy atom. The van der Waals surface area contributed by atoms with E-state index in [0.717, 1.165) is 50.2 Å². The van der Waals surface area contributed by atoms with Crippen molar-refractivity contribution < 1.29 is 0 Å². The van der Waals surface area contributed by atoms with Crippen LogP contribution in [0.5, 0.6) is 0 Å². The van der Waals surface area contributed by atoms with Crippen LogP contribution in [0.1, 0.15) is 0 Å². The standard InChI is InChI=1S/C54H33N5/c1-2-16-36(17-3-1)57-46-24-10-7-20-39(46)43-31-35(29-30-51(43)57)53-55-45-23-9-4-22-41(45)54(56-53)59-49-27-13-8-21-40(49)44-33-42-34(32-52(44)59)15-14-28-50(42)58-47-25-11-5-18-37(47)38-19-6-12-26-48(38)58/h1-33H. The van der Waals surface area contributed by atoms with E-state index in [1.54, 1.807) is 0 Å². The molecule has 5 nitrogen and oxygen atoms in total. The van der Waals surface area contributed by atoms with E-state index in [2.05, 4.69) is 214 Å². The molecule has 5 heteroatoms. The molecule has 0 amide bonds. The third-order valence-electron chi connectivity index (χ3n) is 12.2. The predicted molar refractivity (Wildman–Crippen MR) is 245 cm³/mol. The monoisotopic (exact) mass is 751 g/mol. The number of hydrogen-bond acceptors (Lipinski definition) is 2. The number of rotatable bonds is 4. The van der Waals surface area contributed by atoms with Crippen molar-refractivity contribution in [2.75, 3.05) is 0 Å². The molecule has 274 valence electrons. The highest BCUT2D eigenvalue weighted by molar-refractivity contribution is 6.17. The van der Waals surface area contributed by atoms with Crippen molar-refractivity contribution in [3.63, 3.8) is 0 Å². The molecule has 0 spiro atoms. The predicted octanol–water partition coefficient (Wildman–Crippen LogP) is 13.7. The van der Waals surface area contributed by atoms with Gasteiger partial charge in [-0.2, -0.15) is 0 Å². The van der Waals surface area contributed by atoms with Crippen molar-refractivity contribution in [3.05, 3.63) is 200 Å². The highest BCUT2D eigenvalue weighted by Crippen LogP contribution is 2.41. The van der Waals surface area contributed by atoms with Crippen LogP contribution in [0.4, 0.5) is 0 Å². The highest BCUT2D eigenvalue weighted by Gasteiger charge is 2.21. The van der Waals surface area contributed by atoms with Crippen LogP contribution in [0.25, 0.3) is 116 Å². The molecule has 59 heavy (non-hydrogen) atoms. The van der Waals surface area contributed by atoms with E-state index < -0.39 is 0 Å². The van der Waals surface area contributed by atoms with E-state index in [9.17, 15) is 0 Å².